The van der Waals surface area contributed by atoms with Crippen molar-refractivity contribution in [3.05, 3.63) is 51.7 Å². The number of hydrogen-bond acceptors (Lipinski definition) is 3. The van der Waals surface area contributed by atoms with Crippen molar-refractivity contribution >= 4 is 33.0 Å². The van der Waals surface area contributed by atoms with Crippen LogP contribution >= 0.6 is 22.9 Å². The second kappa shape index (κ2) is 6.08. The fourth-order valence-electron chi connectivity index (χ4n) is 2.70. The van der Waals surface area contributed by atoms with E-state index in [-0.39, 0.29) is 9.92 Å². The van der Waals surface area contributed by atoms with Crippen molar-refractivity contribution in [1.82, 2.24) is 4.31 Å². The smallest absolute Gasteiger partial charge is 0.207 e. The lowest BCUT2D eigenvalue weighted by atomic mass is 9.97. The van der Waals surface area contributed by atoms with E-state index in [4.69, 9.17) is 11.6 Å². The molecule has 0 bridgehead atoms. The van der Waals surface area contributed by atoms with Crippen LogP contribution in [0.15, 0.2) is 46.7 Å². The maximum Gasteiger partial charge on any atom is 0.244 e. The van der Waals surface area contributed by atoms with E-state index in [1.54, 1.807) is 39.9 Å². The summed E-state index contributed by atoms with van der Waals surface area (Å²) in [5, 5.41) is 2.36. The summed E-state index contributed by atoms with van der Waals surface area (Å²) in [7, 11) is -3.48. The predicted octanol–water partition coefficient (Wildman–Crippen LogP) is 3.97. The van der Waals surface area contributed by atoms with Crippen LogP contribution in [0.1, 0.15) is 23.6 Å². The molecule has 2 aromatic rings. The Morgan fingerprint density at radius 2 is 1.81 bits per heavy atom. The van der Waals surface area contributed by atoms with Gasteiger partial charge in [0.1, 0.15) is 4.90 Å². The van der Waals surface area contributed by atoms with Crippen LogP contribution in [0, 0.1) is 0 Å². The third-order valence-electron chi connectivity index (χ3n) is 3.85. The molecule has 1 aromatic heterocycles. The van der Waals surface area contributed by atoms with Crippen LogP contribution in [0.25, 0.3) is 0 Å². The minimum atomic E-state index is -3.48. The molecule has 0 amide bonds. The topological polar surface area (TPSA) is 37.4 Å². The zero-order valence-electron chi connectivity index (χ0n) is 11.4. The molecule has 6 heteroatoms. The summed E-state index contributed by atoms with van der Waals surface area (Å²) >= 11 is 7.78. The van der Waals surface area contributed by atoms with Crippen LogP contribution < -0.4 is 0 Å². The van der Waals surface area contributed by atoms with Gasteiger partial charge >= 0.3 is 0 Å². The Bertz CT molecular complexity index is 705. The highest BCUT2D eigenvalue weighted by Crippen LogP contribution is 2.34. The van der Waals surface area contributed by atoms with Gasteiger partial charge in [0, 0.05) is 18.0 Å². The van der Waals surface area contributed by atoms with Crippen LogP contribution in [0.5, 0.6) is 0 Å². The molecule has 3 rings (SSSR count). The summed E-state index contributed by atoms with van der Waals surface area (Å²) in [6.45, 7) is 1.10. The number of sulfonamides is 1. The average molecular weight is 342 g/mol. The Morgan fingerprint density at radius 1 is 1.10 bits per heavy atom. The van der Waals surface area contributed by atoms with Crippen molar-refractivity contribution in [1.29, 1.82) is 0 Å². The lowest BCUT2D eigenvalue weighted by molar-refractivity contribution is 0.321. The molecule has 0 unspecified atom stereocenters. The molecular weight excluding hydrogens is 326 g/mol. The van der Waals surface area contributed by atoms with Crippen molar-refractivity contribution < 1.29 is 8.42 Å². The molecule has 0 aliphatic carbocycles. The molecule has 21 heavy (non-hydrogen) atoms. The second-order valence-electron chi connectivity index (χ2n) is 5.12. The Labute approximate surface area is 134 Å². The number of rotatable bonds is 3. The van der Waals surface area contributed by atoms with Crippen LogP contribution in [-0.2, 0) is 10.0 Å². The highest BCUT2D eigenvalue weighted by molar-refractivity contribution is 7.89. The Balaban J connectivity index is 1.76. The minimum Gasteiger partial charge on any atom is -0.207 e. The SMILES string of the molecule is O=S(=O)(c1ccccc1Cl)N1CCC(c2cccs2)CC1. The van der Waals surface area contributed by atoms with E-state index in [1.165, 1.54) is 4.88 Å². The minimum absolute atomic E-state index is 0.209. The summed E-state index contributed by atoms with van der Waals surface area (Å²) in [5.41, 5.74) is 0. The summed E-state index contributed by atoms with van der Waals surface area (Å²) in [5.74, 6) is 0.475. The number of hydrogen-bond donors (Lipinski definition) is 0. The lowest BCUT2D eigenvalue weighted by Gasteiger charge is -2.31. The van der Waals surface area contributed by atoms with E-state index in [9.17, 15) is 8.42 Å². The van der Waals surface area contributed by atoms with E-state index in [0.717, 1.165) is 12.8 Å². The van der Waals surface area contributed by atoms with Gasteiger partial charge in [0.15, 0.2) is 0 Å². The molecule has 0 atom stereocenters. The summed E-state index contributed by atoms with van der Waals surface area (Å²) in [6.07, 6.45) is 1.73. The summed E-state index contributed by atoms with van der Waals surface area (Å²) < 4.78 is 26.8. The first kappa shape index (κ1) is 15.0. The molecule has 2 heterocycles. The van der Waals surface area contributed by atoms with Crippen molar-refractivity contribution in [2.24, 2.45) is 0 Å². The van der Waals surface area contributed by atoms with Gasteiger partial charge in [-0.2, -0.15) is 4.31 Å². The first-order valence-electron chi connectivity index (χ1n) is 6.87. The number of benzene rings is 1. The molecule has 1 fully saturated rings. The molecule has 112 valence electrons. The lowest BCUT2D eigenvalue weighted by Crippen LogP contribution is -2.37. The Kier molecular flexibility index (Phi) is 4.36. The van der Waals surface area contributed by atoms with Gasteiger partial charge in [-0.25, -0.2) is 8.42 Å². The van der Waals surface area contributed by atoms with Gasteiger partial charge in [-0.05, 0) is 42.3 Å². The normalized spacial score (nSPS) is 18.0. The first-order chi connectivity index (χ1) is 10.1. The largest absolute Gasteiger partial charge is 0.244 e. The zero-order valence-corrected chi connectivity index (χ0v) is 13.8. The molecule has 1 aliphatic rings. The van der Waals surface area contributed by atoms with Crippen molar-refractivity contribution in [3.8, 4) is 0 Å². The van der Waals surface area contributed by atoms with Gasteiger partial charge in [-0.1, -0.05) is 29.8 Å². The maximum absolute atomic E-state index is 12.6. The number of halogens is 1. The molecule has 1 saturated heterocycles. The molecule has 0 radical (unpaired) electrons. The number of nitrogens with zero attached hydrogens (tertiary/aromatic N) is 1. The van der Waals surface area contributed by atoms with E-state index < -0.39 is 10.0 Å². The molecular formula is C15H16ClNO2S2. The van der Waals surface area contributed by atoms with E-state index in [0.29, 0.717) is 19.0 Å². The van der Waals surface area contributed by atoms with Crippen LogP contribution in [-0.4, -0.2) is 25.8 Å². The quantitative estimate of drug-likeness (QED) is 0.847. The predicted molar refractivity (Wildman–Crippen MR) is 86.5 cm³/mol. The number of thiophene rings is 1. The van der Waals surface area contributed by atoms with E-state index in [1.807, 2.05) is 6.07 Å². The van der Waals surface area contributed by atoms with Crippen LogP contribution in [0.4, 0.5) is 0 Å². The van der Waals surface area contributed by atoms with Crippen molar-refractivity contribution in [2.45, 2.75) is 23.7 Å². The van der Waals surface area contributed by atoms with Gasteiger partial charge in [0.05, 0.1) is 5.02 Å². The van der Waals surface area contributed by atoms with Gasteiger partial charge in [0.25, 0.3) is 0 Å². The van der Waals surface area contributed by atoms with Crippen molar-refractivity contribution in [3.63, 3.8) is 0 Å². The molecule has 1 aromatic carbocycles. The third-order valence-corrected chi connectivity index (χ3v) is 7.29. The molecule has 0 N–H and O–H groups in total. The first-order valence-corrected chi connectivity index (χ1v) is 9.57. The molecule has 0 saturated carbocycles. The van der Waals surface area contributed by atoms with E-state index in [2.05, 4.69) is 11.4 Å². The Morgan fingerprint density at radius 3 is 2.43 bits per heavy atom. The Hall–Kier alpha value is -0.880. The van der Waals surface area contributed by atoms with Gasteiger partial charge in [0.2, 0.25) is 10.0 Å². The fourth-order valence-corrected chi connectivity index (χ4v) is 5.56. The van der Waals surface area contributed by atoms with Crippen LogP contribution in [0.3, 0.4) is 0 Å². The zero-order chi connectivity index (χ0) is 14.9. The average Bonchev–Trinajstić information content (AvgIpc) is 3.02. The maximum atomic E-state index is 12.6. The van der Waals surface area contributed by atoms with Gasteiger partial charge in [-0.15, -0.1) is 11.3 Å². The number of piperidine rings is 1. The summed E-state index contributed by atoms with van der Waals surface area (Å²) in [6, 6.07) is 10.8. The highest BCUT2D eigenvalue weighted by atomic mass is 35.5. The monoisotopic (exact) mass is 341 g/mol. The standard InChI is InChI=1S/C15H16ClNO2S2/c16-13-4-1-2-6-15(13)21(18,19)17-9-7-12(8-10-17)14-5-3-11-20-14/h1-6,11-12H,7-10H2. The van der Waals surface area contributed by atoms with Crippen LogP contribution in [0.2, 0.25) is 5.02 Å². The highest BCUT2D eigenvalue weighted by Gasteiger charge is 2.31. The molecule has 1 aliphatic heterocycles. The fraction of sp³-hybridized carbons (Fsp3) is 0.333. The van der Waals surface area contributed by atoms with E-state index >= 15 is 0 Å². The third kappa shape index (κ3) is 3.01. The van der Waals surface area contributed by atoms with Crippen molar-refractivity contribution in [2.75, 3.05) is 13.1 Å². The van der Waals surface area contributed by atoms with Gasteiger partial charge in [-0.3, -0.25) is 0 Å². The molecule has 3 nitrogen and oxygen atoms in total. The second-order valence-corrected chi connectivity index (χ2v) is 8.42. The molecule has 0 spiro atoms. The summed E-state index contributed by atoms with van der Waals surface area (Å²) in [4.78, 5) is 1.56. The van der Waals surface area contributed by atoms with Gasteiger partial charge < -0.3 is 0 Å².